The van der Waals surface area contributed by atoms with Gasteiger partial charge < -0.3 is 9.47 Å². The number of rotatable bonds is 1. The van der Waals surface area contributed by atoms with Crippen LogP contribution in [0.5, 0.6) is 0 Å². The number of ether oxygens (including phenoxy) is 2. The molecule has 1 saturated heterocycles. The fourth-order valence-electron chi connectivity index (χ4n) is 1.60. The summed E-state index contributed by atoms with van der Waals surface area (Å²) >= 11 is 11.5. The van der Waals surface area contributed by atoms with Crippen LogP contribution in [0.25, 0.3) is 6.08 Å². The van der Waals surface area contributed by atoms with E-state index in [2.05, 4.69) is 0 Å². The first-order valence-corrected chi connectivity index (χ1v) is 6.29. The molecule has 1 aromatic rings. The highest BCUT2D eigenvalue weighted by Gasteiger charge is 2.39. The summed E-state index contributed by atoms with van der Waals surface area (Å²) in [7, 11) is 0. The Morgan fingerprint density at radius 2 is 1.60 bits per heavy atom. The molecular weight excluding hydrogens is 310 g/mol. The predicted molar refractivity (Wildman–Crippen MR) is 70.7 cm³/mol. The van der Waals surface area contributed by atoms with Crippen molar-refractivity contribution in [1.82, 2.24) is 0 Å². The second kappa shape index (κ2) is 5.07. The van der Waals surface area contributed by atoms with Gasteiger partial charge in [0.15, 0.2) is 5.82 Å². The van der Waals surface area contributed by atoms with E-state index in [1.807, 2.05) is 0 Å². The Hall–Kier alpha value is -1.59. The number of hydrogen-bond acceptors (Lipinski definition) is 4. The van der Waals surface area contributed by atoms with Crippen LogP contribution >= 0.6 is 23.2 Å². The van der Waals surface area contributed by atoms with Gasteiger partial charge in [-0.1, -0.05) is 23.2 Å². The largest absolute Gasteiger partial charge is 0.419 e. The molecular formula is C13H9Cl2FO4. The molecule has 106 valence electrons. The maximum atomic E-state index is 13.9. The average molecular weight is 319 g/mol. The van der Waals surface area contributed by atoms with Gasteiger partial charge in [0.05, 0.1) is 10.0 Å². The molecule has 0 spiro atoms. The zero-order chi connectivity index (χ0) is 15.1. The second-order valence-electron chi connectivity index (χ2n) is 4.49. The van der Waals surface area contributed by atoms with Gasteiger partial charge in [0.2, 0.25) is 0 Å². The zero-order valence-electron chi connectivity index (χ0n) is 10.5. The molecule has 1 aromatic carbocycles. The second-order valence-corrected chi connectivity index (χ2v) is 5.31. The van der Waals surface area contributed by atoms with E-state index in [1.54, 1.807) is 0 Å². The van der Waals surface area contributed by atoms with Gasteiger partial charge in [-0.25, -0.2) is 14.0 Å². The number of carbonyl (C=O) groups excluding carboxylic acids is 2. The van der Waals surface area contributed by atoms with E-state index in [0.717, 1.165) is 6.08 Å². The van der Waals surface area contributed by atoms with Crippen molar-refractivity contribution in [1.29, 1.82) is 0 Å². The summed E-state index contributed by atoms with van der Waals surface area (Å²) in [5.41, 5.74) is -0.629. The van der Waals surface area contributed by atoms with Crippen molar-refractivity contribution in [2.24, 2.45) is 0 Å². The summed E-state index contributed by atoms with van der Waals surface area (Å²) in [4.78, 5) is 23.5. The van der Waals surface area contributed by atoms with Gasteiger partial charge in [0, 0.05) is 19.4 Å². The van der Waals surface area contributed by atoms with Gasteiger partial charge in [0.1, 0.15) is 5.57 Å². The van der Waals surface area contributed by atoms with E-state index in [0.29, 0.717) is 0 Å². The molecule has 0 bridgehead atoms. The molecule has 0 unspecified atom stereocenters. The zero-order valence-corrected chi connectivity index (χ0v) is 12.0. The SMILES string of the molecule is CC1(C)OC(=O)C(=Cc2c(Cl)ccc(Cl)c2F)C(=O)O1. The Bertz CT molecular complexity index is 616. The van der Waals surface area contributed by atoms with Crippen LogP contribution < -0.4 is 0 Å². The highest BCUT2D eigenvalue weighted by Crippen LogP contribution is 2.30. The van der Waals surface area contributed by atoms with E-state index in [1.165, 1.54) is 26.0 Å². The summed E-state index contributed by atoms with van der Waals surface area (Å²) in [5, 5.41) is -0.177. The minimum absolute atomic E-state index is 0.00448. The lowest BCUT2D eigenvalue weighted by atomic mass is 10.1. The Balaban J connectivity index is 2.49. The lowest BCUT2D eigenvalue weighted by Crippen LogP contribution is -2.41. The number of esters is 2. The lowest BCUT2D eigenvalue weighted by Gasteiger charge is -2.29. The fraction of sp³-hybridized carbons (Fsp3) is 0.231. The summed E-state index contributed by atoms with van der Waals surface area (Å²) in [6.45, 7) is 2.82. The molecule has 0 atom stereocenters. The third-order valence-electron chi connectivity index (χ3n) is 2.48. The minimum Gasteiger partial charge on any atom is -0.419 e. The summed E-state index contributed by atoms with van der Waals surface area (Å²) in [5.74, 6) is -4.03. The molecule has 0 aromatic heterocycles. The van der Waals surface area contributed by atoms with Crippen LogP contribution in [0.3, 0.4) is 0 Å². The normalized spacial score (nSPS) is 17.6. The smallest absolute Gasteiger partial charge is 0.348 e. The van der Waals surface area contributed by atoms with E-state index in [4.69, 9.17) is 32.7 Å². The van der Waals surface area contributed by atoms with E-state index in [9.17, 15) is 14.0 Å². The van der Waals surface area contributed by atoms with Crippen molar-refractivity contribution in [3.05, 3.63) is 39.1 Å². The Morgan fingerprint density at radius 3 is 2.15 bits per heavy atom. The standard InChI is InChI=1S/C13H9Cl2FO4/c1-13(2)19-11(17)7(12(18)20-13)5-6-8(14)3-4-9(15)10(6)16/h3-5H,1-2H3. The Labute approximate surface area is 124 Å². The lowest BCUT2D eigenvalue weighted by molar-refractivity contribution is -0.222. The molecule has 0 N–H and O–H groups in total. The van der Waals surface area contributed by atoms with Crippen LogP contribution in [0.4, 0.5) is 4.39 Å². The van der Waals surface area contributed by atoms with Gasteiger partial charge in [0.25, 0.3) is 5.79 Å². The van der Waals surface area contributed by atoms with Crippen LogP contribution in [-0.2, 0) is 19.1 Å². The number of cyclic esters (lactones) is 2. The highest BCUT2D eigenvalue weighted by molar-refractivity contribution is 6.34. The summed E-state index contributed by atoms with van der Waals surface area (Å²) in [6, 6.07) is 2.62. The molecule has 0 aliphatic carbocycles. The van der Waals surface area contributed by atoms with Gasteiger partial charge >= 0.3 is 11.9 Å². The minimum atomic E-state index is -1.36. The maximum Gasteiger partial charge on any atom is 0.348 e. The van der Waals surface area contributed by atoms with Crippen molar-refractivity contribution in [2.75, 3.05) is 0 Å². The quantitative estimate of drug-likeness (QED) is 0.345. The topological polar surface area (TPSA) is 52.6 Å². The molecule has 0 amide bonds. The third kappa shape index (κ3) is 2.78. The molecule has 1 fully saturated rings. The average Bonchev–Trinajstić information content (AvgIpc) is 2.31. The van der Waals surface area contributed by atoms with E-state index in [-0.39, 0.29) is 15.6 Å². The van der Waals surface area contributed by atoms with E-state index >= 15 is 0 Å². The van der Waals surface area contributed by atoms with Crippen LogP contribution in [0.2, 0.25) is 10.0 Å². The molecule has 7 heteroatoms. The molecule has 0 saturated carbocycles. The van der Waals surface area contributed by atoms with Gasteiger partial charge in [-0.2, -0.15) is 0 Å². The predicted octanol–water partition coefficient (Wildman–Crippen LogP) is 3.35. The molecule has 1 aliphatic heterocycles. The number of carbonyl (C=O) groups is 2. The molecule has 4 nitrogen and oxygen atoms in total. The Kier molecular flexibility index (Phi) is 3.75. The van der Waals surface area contributed by atoms with Crippen LogP contribution in [0.15, 0.2) is 17.7 Å². The first-order chi connectivity index (χ1) is 9.21. The van der Waals surface area contributed by atoms with Crippen molar-refractivity contribution in [2.45, 2.75) is 19.6 Å². The molecule has 20 heavy (non-hydrogen) atoms. The maximum absolute atomic E-state index is 13.9. The molecule has 0 radical (unpaired) electrons. The van der Waals surface area contributed by atoms with Crippen LogP contribution in [-0.4, -0.2) is 17.7 Å². The first kappa shape index (κ1) is 14.8. The molecule has 1 heterocycles. The Morgan fingerprint density at radius 1 is 1.10 bits per heavy atom. The van der Waals surface area contributed by atoms with Crippen molar-refractivity contribution < 1.29 is 23.5 Å². The fourth-order valence-corrected chi connectivity index (χ4v) is 1.96. The number of benzene rings is 1. The molecule has 1 aliphatic rings. The van der Waals surface area contributed by atoms with E-state index < -0.39 is 29.1 Å². The van der Waals surface area contributed by atoms with Gasteiger partial charge in [-0.15, -0.1) is 0 Å². The summed E-state index contributed by atoms with van der Waals surface area (Å²) < 4.78 is 23.6. The van der Waals surface area contributed by atoms with Crippen molar-refractivity contribution >= 4 is 41.2 Å². The number of hydrogen-bond donors (Lipinski definition) is 0. The van der Waals surface area contributed by atoms with Crippen molar-refractivity contribution in [3.8, 4) is 0 Å². The van der Waals surface area contributed by atoms with Crippen LogP contribution in [0.1, 0.15) is 19.4 Å². The number of halogens is 3. The highest BCUT2D eigenvalue weighted by atomic mass is 35.5. The molecule has 2 rings (SSSR count). The van der Waals surface area contributed by atoms with Gasteiger partial charge in [-0.05, 0) is 18.2 Å². The van der Waals surface area contributed by atoms with Gasteiger partial charge in [-0.3, -0.25) is 0 Å². The summed E-state index contributed by atoms with van der Waals surface area (Å²) in [6.07, 6.45) is 0.962. The first-order valence-electron chi connectivity index (χ1n) is 5.53. The van der Waals surface area contributed by atoms with Crippen LogP contribution in [0, 0.1) is 5.82 Å². The third-order valence-corrected chi connectivity index (χ3v) is 3.11. The van der Waals surface area contributed by atoms with Crippen molar-refractivity contribution in [3.63, 3.8) is 0 Å². The monoisotopic (exact) mass is 318 g/mol.